The molecule has 186 valence electrons. The molecule has 10 nitrogen and oxygen atoms in total. The maximum atomic E-state index is 13.2. The lowest BCUT2D eigenvalue weighted by Crippen LogP contribution is -2.51. The van der Waals surface area contributed by atoms with E-state index in [2.05, 4.69) is 10.0 Å². The molecule has 0 aliphatic carbocycles. The van der Waals surface area contributed by atoms with Crippen molar-refractivity contribution in [1.29, 1.82) is 0 Å². The third kappa shape index (κ3) is 7.50. The van der Waals surface area contributed by atoms with Crippen molar-refractivity contribution in [2.45, 2.75) is 39.3 Å². The quantitative estimate of drug-likeness (QED) is 0.660. The van der Waals surface area contributed by atoms with Gasteiger partial charge < -0.3 is 24.6 Å². The molecule has 0 saturated heterocycles. The Kier molecular flexibility index (Phi) is 9.35. The van der Waals surface area contributed by atoms with E-state index in [1.807, 2.05) is 20.8 Å². The van der Waals surface area contributed by atoms with Gasteiger partial charge in [-0.25, -0.2) is 13.2 Å². The Hall–Kier alpha value is -2.53. The third-order valence-corrected chi connectivity index (χ3v) is 6.14. The molecule has 0 bridgehead atoms. The first kappa shape index (κ1) is 26.7. The Bertz CT molecular complexity index is 939. The van der Waals surface area contributed by atoms with Crippen molar-refractivity contribution in [3.8, 4) is 5.75 Å². The highest BCUT2D eigenvalue weighted by molar-refractivity contribution is 7.92. The van der Waals surface area contributed by atoms with Crippen LogP contribution in [-0.2, 0) is 14.8 Å². The first-order valence-corrected chi connectivity index (χ1v) is 12.9. The van der Waals surface area contributed by atoms with E-state index in [-0.39, 0.29) is 48.0 Å². The molecule has 11 heteroatoms. The van der Waals surface area contributed by atoms with Crippen LogP contribution in [-0.4, -0.2) is 89.0 Å². The Labute approximate surface area is 196 Å². The fourth-order valence-corrected chi connectivity index (χ4v) is 4.22. The summed E-state index contributed by atoms with van der Waals surface area (Å²) in [6.45, 7) is 7.27. The van der Waals surface area contributed by atoms with Gasteiger partial charge in [0, 0.05) is 45.8 Å². The minimum Gasteiger partial charge on any atom is -0.491 e. The molecule has 2 rings (SSSR count). The fourth-order valence-electron chi connectivity index (χ4n) is 3.67. The average Bonchev–Trinajstić information content (AvgIpc) is 2.75. The highest BCUT2D eigenvalue weighted by Crippen LogP contribution is 2.27. The number of nitrogens with zero attached hydrogens (tertiary/aromatic N) is 2. The Morgan fingerprint density at radius 3 is 2.58 bits per heavy atom. The molecular formula is C22H36N4O6S. The van der Waals surface area contributed by atoms with Gasteiger partial charge in [-0.05, 0) is 25.5 Å². The molecule has 33 heavy (non-hydrogen) atoms. The number of likely N-dealkylation sites (N-methyl/N-ethyl adjacent to an activating group) is 1. The number of fused-ring (bicyclic) bond motifs is 1. The number of amides is 3. The van der Waals surface area contributed by atoms with Crippen LogP contribution in [0.4, 0.5) is 10.5 Å². The van der Waals surface area contributed by atoms with Crippen molar-refractivity contribution in [3.63, 3.8) is 0 Å². The Balaban J connectivity index is 2.45. The topological polar surface area (TPSA) is 117 Å². The number of methoxy groups -OCH3 is 1. The van der Waals surface area contributed by atoms with Crippen molar-refractivity contribution in [2.75, 3.05) is 51.4 Å². The lowest BCUT2D eigenvalue weighted by Gasteiger charge is -2.36. The minimum absolute atomic E-state index is 0.0414. The Morgan fingerprint density at radius 2 is 1.97 bits per heavy atom. The summed E-state index contributed by atoms with van der Waals surface area (Å²) in [6.07, 6.45) is 1.58. The van der Waals surface area contributed by atoms with Gasteiger partial charge in [0.2, 0.25) is 10.0 Å². The predicted molar refractivity (Wildman–Crippen MR) is 127 cm³/mol. The third-order valence-electron chi connectivity index (χ3n) is 5.54. The molecule has 1 aliphatic heterocycles. The first-order valence-electron chi connectivity index (χ1n) is 11.0. The second kappa shape index (κ2) is 11.6. The normalized spacial score (nSPS) is 22.5. The lowest BCUT2D eigenvalue weighted by atomic mass is 10.0. The molecule has 1 aromatic rings. The molecule has 3 atom stereocenters. The van der Waals surface area contributed by atoms with Gasteiger partial charge in [-0.3, -0.25) is 9.52 Å². The van der Waals surface area contributed by atoms with Crippen LogP contribution in [0.1, 0.15) is 37.6 Å². The number of nitrogens with one attached hydrogen (secondary N) is 2. The van der Waals surface area contributed by atoms with Crippen molar-refractivity contribution in [2.24, 2.45) is 5.92 Å². The van der Waals surface area contributed by atoms with E-state index in [1.54, 1.807) is 24.0 Å². The highest BCUT2D eigenvalue weighted by Gasteiger charge is 2.30. The summed E-state index contributed by atoms with van der Waals surface area (Å²) >= 11 is 0. The van der Waals surface area contributed by atoms with Crippen molar-refractivity contribution in [3.05, 3.63) is 23.8 Å². The summed E-state index contributed by atoms with van der Waals surface area (Å²) in [4.78, 5) is 29.3. The molecule has 0 unspecified atom stereocenters. The van der Waals surface area contributed by atoms with Gasteiger partial charge in [-0.1, -0.05) is 13.8 Å². The number of rotatable bonds is 5. The number of ether oxygens (including phenoxy) is 2. The van der Waals surface area contributed by atoms with E-state index in [0.29, 0.717) is 25.2 Å². The van der Waals surface area contributed by atoms with E-state index in [4.69, 9.17) is 9.47 Å². The van der Waals surface area contributed by atoms with Gasteiger partial charge in [0.15, 0.2) is 0 Å². The molecular weight excluding hydrogens is 448 g/mol. The zero-order valence-corrected chi connectivity index (χ0v) is 21.1. The lowest BCUT2D eigenvalue weighted by molar-refractivity contribution is 0.0166. The molecule has 0 radical (unpaired) electrons. The zero-order valence-electron chi connectivity index (χ0n) is 20.3. The number of urea groups is 1. The molecule has 2 N–H and O–H groups in total. The van der Waals surface area contributed by atoms with E-state index in [9.17, 15) is 18.0 Å². The second-order valence-corrected chi connectivity index (χ2v) is 10.3. The highest BCUT2D eigenvalue weighted by atomic mass is 32.2. The number of carbonyl (C=O) groups excluding carboxylic acids is 2. The SMILES string of the molecule is CCCNC(=O)N1C[C@@H](C)[C@@H](OC)CN(C)C(=O)c2ccc(NS(C)(=O)=O)cc2OC[C@H]1C. The molecule has 0 fully saturated rings. The van der Waals surface area contributed by atoms with Gasteiger partial charge in [-0.15, -0.1) is 0 Å². The van der Waals surface area contributed by atoms with Crippen LogP contribution < -0.4 is 14.8 Å². The second-order valence-electron chi connectivity index (χ2n) is 8.57. The van der Waals surface area contributed by atoms with Gasteiger partial charge in [-0.2, -0.15) is 0 Å². The van der Waals surface area contributed by atoms with Gasteiger partial charge in [0.1, 0.15) is 12.4 Å². The average molecular weight is 485 g/mol. The van der Waals surface area contributed by atoms with E-state index in [0.717, 1.165) is 12.7 Å². The molecule has 1 aliphatic rings. The van der Waals surface area contributed by atoms with Crippen LogP contribution >= 0.6 is 0 Å². The fraction of sp³-hybridized carbons (Fsp3) is 0.636. The van der Waals surface area contributed by atoms with Crippen molar-refractivity contribution >= 4 is 27.6 Å². The summed E-state index contributed by atoms with van der Waals surface area (Å²) in [6, 6.07) is 4.04. The number of hydrogen-bond donors (Lipinski definition) is 2. The van der Waals surface area contributed by atoms with E-state index < -0.39 is 10.0 Å². The van der Waals surface area contributed by atoms with Crippen LogP contribution in [0.5, 0.6) is 5.75 Å². The summed E-state index contributed by atoms with van der Waals surface area (Å²) in [7, 11) is -0.235. The summed E-state index contributed by atoms with van der Waals surface area (Å²) in [5.41, 5.74) is 0.584. The monoisotopic (exact) mass is 484 g/mol. The number of sulfonamides is 1. The molecule has 3 amide bonds. The molecule has 1 aromatic carbocycles. The van der Waals surface area contributed by atoms with E-state index in [1.165, 1.54) is 18.2 Å². The summed E-state index contributed by atoms with van der Waals surface area (Å²) in [5.74, 6) is -0.0694. The smallest absolute Gasteiger partial charge is 0.317 e. The molecule has 0 aromatic heterocycles. The first-order chi connectivity index (χ1) is 15.5. The van der Waals surface area contributed by atoms with Crippen LogP contribution in [0.15, 0.2) is 18.2 Å². The van der Waals surface area contributed by atoms with Crippen LogP contribution in [0.25, 0.3) is 0 Å². The minimum atomic E-state index is -3.50. The van der Waals surface area contributed by atoms with E-state index >= 15 is 0 Å². The van der Waals surface area contributed by atoms with Gasteiger partial charge >= 0.3 is 6.03 Å². The van der Waals surface area contributed by atoms with Gasteiger partial charge in [0.25, 0.3) is 5.91 Å². The van der Waals surface area contributed by atoms with Crippen LogP contribution in [0.3, 0.4) is 0 Å². The zero-order chi connectivity index (χ0) is 24.8. The Morgan fingerprint density at radius 1 is 1.27 bits per heavy atom. The summed E-state index contributed by atoms with van der Waals surface area (Å²) < 4.78 is 37.4. The van der Waals surface area contributed by atoms with Crippen LogP contribution in [0.2, 0.25) is 0 Å². The predicted octanol–water partition coefficient (Wildman–Crippen LogP) is 1.98. The molecule has 0 spiro atoms. The van der Waals surface area contributed by atoms with Crippen molar-refractivity contribution < 1.29 is 27.5 Å². The summed E-state index contributed by atoms with van der Waals surface area (Å²) in [5, 5.41) is 2.92. The van der Waals surface area contributed by atoms with Crippen LogP contribution in [0, 0.1) is 5.92 Å². The van der Waals surface area contributed by atoms with Crippen molar-refractivity contribution in [1.82, 2.24) is 15.1 Å². The largest absolute Gasteiger partial charge is 0.491 e. The maximum absolute atomic E-state index is 13.2. The molecule has 0 saturated carbocycles. The molecule has 1 heterocycles. The number of benzene rings is 1. The standard InChI is InChI=1S/C22H36N4O6S/c1-7-10-23-22(28)26-12-15(2)20(31-5)13-25(4)21(27)18-9-8-17(24-33(6,29)30)11-19(18)32-14-16(26)3/h8-9,11,15-16,20,24H,7,10,12-14H2,1-6H3,(H,23,28)/t15-,16-,20+/m1/s1. The number of hydrogen-bond acceptors (Lipinski definition) is 6. The maximum Gasteiger partial charge on any atom is 0.317 e. The van der Waals surface area contributed by atoms with Gasteiger partial charge in [0.05, 0.1) is 29.7 Å². The number of anilines is 1. The number of carbonyl (C=O) groups is 2.